The third-order valence-corrected chi connectivity index (χ3v) is 4.90. The first kappa shape index (κ1) is 17.6. The number of nitrogens with zero attached hydrogens (tertiary/aromatic N) is 2. The van der Waals surface area contributed by atoms with Crippen LogP contribution in [0.5, 0.6) is 0 Å². The Morgan fingerprint density at radius 1 is 1.12 bits per heavy atom. The van der Waals surface area contributed by atoms with Crippen LogP contribution in [0.1, 0.15) is 11.1 Å². The van der Waals surface area contributed by atoms with E-state index in [1.54, 1.807) is 12.3 Å². The summed E-state index contributed by atoms with van der Waals surface area (Å²) in [4.78, 5) is 6.57. The Morgan fingerprint density at radius 2 is 1.88 bits per heavy atom. The van der Waals surface area contributed by atoms with Gasteiger partial charge in [-0.25, -0.2) is 18.1 Å². The molecule has 1 aliphatic rings. The fourth-order valence-electron chi connectivity index (χ4n) is 2.47. The van der Waals surface area contributed by atoms with Crippen LogP contribution in [0.4, 0.5) is 5.82 Å². The lowest BCUT2D eigenvalue weighted by Crippen LogP contribution is -2.36. The molecule has 1 aromatic carbocycles. The zero-order chi connectivity index (χ0) is 17.5. The maximum atomic E-state index is 12.1. The number of sulfonamides is 1. The van der Waals surface area contributed by atoms with Gasteiger partial charge in [0, 0.05) is 31.2 Å². The average molecular weight is 359 g/mol. The summed E-state index contributed by atoms with van der Waals surface area (Å²) in [5, 5.41) is 1.18. The largest absolute Gasteiger partial charge is 0.378 e. The molecule has 1 aromatic heterocycles. The number of hydrogen-bond donors (Lipinski definition) is 1. The van der Waals surface area contributed by atoms with Gasteiger partial charge in [0.1, 0.15) is 5.82 Å². The molecule has 0 radical (unpaired) electrons. The van der Waals surface area contributed by atoms with Crippen LogP contribution in [-0.4, -0.2) is 39.7 Å². The Labute approximate surface area is 148 Å². The lowest BCUT2D eigenvalue weighted by molar-refractivity contribution is 0.122. The monoisotopic (exact) mass is 359 g/mol. The van der Waals surface area contributed by atoms with E-state index in [1.165, 1.54) is 5.41 Å². The molecule has 0 saturated carbocycles. The molecule has 0 unspecified atom stereocenters. The van der Waals surface area contributed by atoms with Crippen LogP contribution < -0.4 is 9.62 Å². The van der Waals surface area contributed by atoms with Crippen molar-refractivity contribution in [3.8, 4) is 0 Å². The van der Waals surface area contributed by atoms with E-state index in [4.69, 9.17) is 4.74 Å². The van der Waals surface area contributed by atoms with E-state index in [0.717, 1.165) is 30.0 Å². The van der Waals surface area contributed by atoms with Crippen LogP contribution in [0, 0.1) is 0 Å². The number of rotatable bonds is 6. The van der Waals surface area contributed by atoms with E-state index in [9.17, 15) is 8.42 Å². The number of hydrogen-bond acceptors (Lipinski definition) is 5. The van der Waals surface area contributed by atoms with Crippen molar-refractivity contribution in [1.82, 2.24) is 9.71 Å². The minimum atomic E-state index is -3.49. The quantitative estimate of drug-likeness (QED) is 0.854. The fourth-order valence-corrected chi connectivity index (χ4v) is 3.27. The lowest BCUT2D eigenvalue weighted by Gasteiger charge is -2.27. The van der Waals surface area contributed by atoms with Crippen molar-refractivity contribution in [2.75, 3.05) is 31.2 Å². The summed E-state index contributed by atoms with van der Waals surface area (Å²) >= 11 is 0. The maximum absolute atomic E-state index is 12.1. The maximum Gasteiger partial charge on any atom is 0.234 e. The first-order chi connectivity index (χ1) is 12.1. The van der Waals surface area contributed by atoms with Gasteiger partial charge in [0.05, 0.1) is 13.2 Å². The van der Waals surface area contributed by atoms with E-state index >= 15 is 0 Å². The molecular weight excluding hydrogens is 338 g/mol. The molecule has 7 heteroatoms. The first-order valence-corrected chi connectivity index (χ1v) is 9.67. The molecule has 6 nitrogen and oxygen atoms in total. The molecule has 0 bridgehead atoms. The molecule has 0 amide bonds. The second-order valence-electron chi connectivity index (χ2n) is 5.70. The number of morpholine rings is 1. The summed E-state index contributed by atoms with van der Waals surface area (Å²) in [5.41, 5.74) is 1.65. The van der Waals surface area contributed by atoms with E-state index in [2.05, 4.69) is 14.6 Å². The zero-order valence-electron chi connectivity index (χ0n) is 13.8. The molecule has 0 atom stereocenters. The smallest absolute Gasteiger partial charge is 0.234 e. The van der Waals surface area contributed by atoms with Gasteiger partial charge in [0.15, 0.2) is 0 Å². The first-order valence-electron chi connectivity index (χ1n) is 8.13. The third-order valence-electron chi connectivity index (χ3n) is 3.86. The number of benzene rings is 1. The van der Waals surface area contributed by atoms with Gasteiger partial charge in [-0.3, -0.25) is 0 Å². The van der Waals surface area contributed by atoms with Crippen molar-refractivity contribution >= 4 is 21.9 Å². The van der Waals surface area contributed by atoms with Crippen LogP contribution in [0.15, 0.2) is 54.1 Å². The lowest BCUT2D eigenvalue weighted by atomic mass is 10.2. The standard InChI is InChI=1S/C18H21N3O3S/c22-25(23,13-8-16-4-2-1-3-5-16)20-15-17-6-7-18(19-14-17)21-9-11-24-12-10-21/h1-8,13-14,20H,9-12,15H2/b13-8+. The summed E-state index contributed by atoms with van der Waals surface area (Å²) in [6.45, 7) is 3.26. The highest BCUT2D eigenvalue weighted by molar-refractivity contribution is 7.92. The van der Waals surface area contributed by atoms with Crippen LogP contribution in [-0.2, 0) is 21.3 Å². The van der Waals surface area contributed by atoms with Gasteiger partial charge in [-0.2, -0.15) is 0 Å². The van der Waals surface area contributed by atoms with Crippen LogP contribution in [0.2, 0.25) is 0 Å². The normalized spacial score (nSPS) is 15.6. The molecule has 1 aliphatic heterocycles. The van der Waals surface area contributed by atoms with Gasteiger partial charge in [0.25, 0.3) is 0 Å². The fraction of sp³-hybridized carbons (Fsp3) is 0.278. The number of pyridine rings is 1. The summed E-state index contributed by atoms with van der Waals surface area (Å²) in [7, 11) is -3.49. The average Bonchev–Trinajstić information content (AvgIpc) is 2.67. The minimum Gasteiger partial charge on any atom is -0.378 e. The van der Waals surface area contributed by atoms with Gasteiger partial charge in [-0.1, -0.05) is 36.4 Å². The van der Waals surface area contributed by atoms with E-state index in [-0.39, 0.29) is 6.54 Å². The Bertz CT molecular complexity index is 799. The third kappa shape index (κ3) is 5.38. The van der Waals surface area contributed by atoms with Crippen LogP contribution in [0.3, 0.4) is 0 Å². The SMILES string of the molecule is O=S(=O)(/C=C/c1ccccc1)NCc1ccc(N2CCOCC2)nc1. The van der Waals surface area contributed by atoms with Gasteiger partial charge in [-0.05, 0) is 23.3 Å². The Morgan fingerprint density at radius 3 is 2.56 bits per heavy atom. The van der Waals surface area contributed by atoms with E-state index in [1.807, 2.05) is 42.5 Å². The Kier molecular flexibility index (Phi) is 5.80. The van der Waals surface area contributed by atoms with Crippen molar-refractivity contribution < 1.29 is 13.2 Å². The molecule has 0 aliphatic carbocycles. The molecule has 2 heterocycles. The van der Waals surface area contributed by atoms with Gasteiger partial charge >= 0.3 is 0 Å². The van der Waals surface area contributed by atoms with Gasteiger partial charge < -0.3 is 9.64 Å². The molecule has 1 N–H and O–H groups in total. The number of anilines is 1. The van der Waals surface area contributed by atoms with Crippen molar-refractivity contribution in [3.63, 3.8) is 0 Å². The van der Waals surface area contributed by atoms with Crippen LogP contribution in [0.25, 0.3) is 6.08 Å². The Hall–Kier alpha value is -2.22. The highest BCUT2D eigenvalue weighted by Gasteiger charge is 2.12. The molecule has 2 aromatic rings. The summed E-state index contributed by atoms with van der Waals surface area (Å²) in [6, 6.07) is 13.1. The zero-order valence-corrected chi connectivity index (χ0v) is 14.7. The summed E-state index contributed by atoms with van der Waals surface area (Å²) in [5.74, 6) is 0.888. The highest BCUT2D eigenvalue weighted by atomic mass is 32.2. The van der Waals surface area contributed by atoms with E-state index in [0.29, 0.717) is 13.2 Å². The topological polar surface area (TPSA) is 71.5 Å². The van der Waals surface area contributed by atoms with Crippen molar-refractivity contribution in [2.24, 2.45) is 0 Å². The predicted octanol–water partition coefficient (Wildman–Crippen LogP) is 2.01. The summed E-state index contributed by atoms with van der Waals surface area (Å²) < 4.78 is 32.0. The molecular formula is C18H21N3O3S. The number of aromatic nitrogens is 1. The molecule has 1 fully saturated rings. The molecule has 25 heavy (non-hydrogen) atoms. The number of ether oxygens (including phenoxy) is 1. The Balaban J connectivity index is 1.56. The van der Waals surface area contributed by atoms with Crippen molar-refractivity contribution in [3.05, 3.63) is 65.2 Å². The second kappa shape index (κ2) is 8.24. The second-order valence-corrected chi connectivity index (χ2v) is 7.35. The molecule has 1 saturated heterocycles. The predicted molar refractivity (Wildman–Crippen MR) is 98.5 cm³/mol. The molecule has 3 rings (SSSR count). The highest BCUT2D eigenvalue weighted by Crippen LogP contribution is 2.13. The molecule has 0 spiro atoms. The minimum absolute atomic E-state index is 0.206. The van der Waals surface area contributed by atoms with Crippen LogP contribution >= 0.6 is 0 Å². The van der Waals surface area contributed by atoms with Gasteiger partial charge in [0.2, 0.25) is 10.0 Å². The summed E-state index contributed by atoms with van der Waals surface area (Å²) in [6.07, 6.45) is 3.27. The molecule has 132 valence electrons. The van der Waals surface area contributed by atoms with Crippen molar-refractivity contribution in [1.29, 1.82) is 0 Å². The van der Waals surface area contributed by atoms with Crippen molar-refractivity contribution in [2.45, 2.75) is 6.54 Å². The van der Waals surface area contributed by atoms with Gasteiger partial charge in [-0.15, -0.1) is 0 Å². The number of nitrogens with one attached hydrogen (secondary N) is 1. The van der Waals surface area contributed by atoms with E-state index < -0.39 is 10.0 Å².